The molecule has 2 heterocycles. The van der Waals surface area contributed by atoms with Crippen LogP contribution in [-0.2, 0) is 26.0 Å². The average molecular weight is 515 g/mol. The molecule has 4 rings (SSSR count). The molecule has 0 aromatic heterocycles. The Morgan fingerprint density at radius 3 is 2.28 bits per heavy atom. The minimum Gasteiger partial charge on any atom is -0.548 e. The summed E-state index contributed by atoms with van der Waals surface area (Å²) in [7, 11) is -3.90. The van der Waals surface area contributed by atoms with Crippen LogP contribution in [0.5, 0.6) is 5.75 Å². The molecular formula is C25H28N3O7S-. The highest BCUT2D eigenvalue weighted by Crippen LogP contribution is 2.26. The van der Waals surface area contributed by atoms with Crippen LogP contribution in [0, 0.1) is 0 Å². The lowest BCUT2D eigenvalue weighted by Crippen LogP contribution is -2.54. The van der Waals surface area contributed by atoms with E-state index in [0.717, 1.165) is 17.1 Å². The molecule has 2 aromatic rings. The van der Waals surface area contributed by atoms with Gasteiger partial charge in [0.25, 0.3) is 0 Å². The molecule has 192 valence electrons. The van der Waals surface area contributed by atoms with Gasteiger partial charge in [-0.25, -0.2) is 13.2 Å². The zero-order valence-corrected chi connectivity index (χ0v) is 20.5. The van der Waals surface area contributed by atoms with Gasteiger partial charge in [0.15, 0.2) is 0 Å². The van der Waals surface area contributed by atoms with Crippen LogP contribution in [0.3, 0.4) is 0 Å². The molecule has 2 saturated heterocycles. The fourth-order valence-electron chi connectivity index (χ4n) is 4.47. The summed E-state index contributed by atoms with van der Waals surface area (Å²) in [4.78, 5) is 38.6. The summed E-state index contributed by atoms with van der Waals surface area (Å²) in [6, 6.07) is 11.8. The van der Waals surface area contributed by atoms with Gasteiger partial charge in [0.05, 0.1) is 16.9 Å². The SMILES string of the molecule is O=C([O-])C(Cc1ccc(OC(=O)N2CCCC2)cc1)NC(=O)C1CCCN1S(=O)(=O)c1ccccc1. The number of ether oxygens (including phenoxy) is 1. The minimum atomic E-state index is -3.90. The molecule has 0 spiro atoms. The van der Waals surface area contributed by atoms with Crippen molar-refractivity contribution < 1.29 is 32.6 Å². The van der Waals surface area contributed by atoms with Gasteiger partial charge in [-0.15, -0.1) is 0 Å². The number of nitrogens with one attached hydrogen (secondary N) is 1. The molecule has 0 bridgehead atoms. The van der Waals surface area contributed by atoms with E-state index in [1.165, 1.54) is 12.1 Å². The molecule has 0 aliphatic carbocycles. The van der Waals surface area contributed by atoms with Crippen molar-refractivity contribution in [2.75, 3.05) is 19.6 Å². The number of aliphatic carboxylic acids is 1. The van der Waals surface area contributed by atoms with Crippen molar-refractivity contribution in [3.05, 3.63) is 60.2 Å². The van der Waals surface area contributed by atoms with E-state index >= 15 is 0 Å². The Balaban J connectivity index is 1.39. The van der Waals surface area contributed by atoms with Crippen molar-refractivity contribution in [1.29, 1.82) is 0 Å². The number of benzene rings is 2. The van der Waals surface area contributed by atoms with Crippen molar-refractivity contribution in [2.24, 2.45) is 0 Å². The van der Waals surface area contributed by atoms with E-state index in [0.29, 0.717) is 30.8 Å². The van der Waals surface area contributed by atoms with Crippen molar-refractivity contribution in [3.63, 3.8) is 0 Å². The second-order valence-corrected chi connectivity index (χ2v) is 10.8. The van der Waals surface area contributed by atoms with E-state index < -0.39 is 40.1 Å². The third kappa shape index (κ3) is 5.85. The maximum Gasteiger partial charge on any atom is 0.415 e. The molecule has 1 N–H and O–H groups in total. The largest absolute Gasteiger partial charge is 0.548 e. The Labute approximate surface area is 209 Å². The van der Waals surface area contributed by atoms with Gasteiger partial charge in [0.2, 0.25) is 15.9 Å². The lowest BCUT2D eigenvalue weighted by Gasteiger charge is -2.26. The number of hydrogen-bond donors (Lipinski definition) is 1. The van der Waals surface area contributed by atoms with Gasteiger partial charge in [-0.1, -0.05) is 30.3 Å². The number of sulfonamides is 1. The first-order chi connectivity index (χ1) is 17.3. The van der Waals surface area contributed by atoms with E-state index in [9.17, 15) is 27.9 Å². The van der Waals surface area contributed by atoms with Crippen LogP contribution in [0.2, 0.25) is 0 Å². The number of hydrogen-bond acceptors (Lipinski definition) is 7. The molecule has 2 fully saturated rings. The first kappa shape index (κ1) is 25.6. The summed E-state index contributed by atoms with van der Waals surface area (Å²) in [6.45, 7) is 1.49. The van der Waals surface area contributed by atoms with Gasteiger partial charge in [0, 0.05) is 19.6 Å². The van der Waals surface area contributed by atoms with Crippen LogP contribution in [-0.4, -0.2) is 67.3 Å². The van der Waals surface area contributed by atoms with Gasteiger partial charge < -0.3 is 24.9 Å². The lowest BCUT2D eigenvalue weighted by atomic mass is 10.1. The highest BCUT2D eigenvalue weighted by atomic mass is 32.2. The molecule has 2 amide bonds. The molecule has 11 heteroatoms. The van der Waals surface area contributed by atoms with Crippen LogP contribution in [0.4, 0.5) is 4.79 Å². The van der Waals surface area contributed by atoms with E-state index in [1.54, 1.807) is 47.4 Å². The van der Waals surface area contributed by atoms with E-state index in [4.69, 9.17) is 4.74 Å². The molecule has 10 nitrogen and oxygen atoms in total. The fourth-order valence-corrected chi connectivity index (χ4v) is 6.15. The van der Waals surface area contributed by atoms with Crippen LogP contribution in [0.25, 0.3) is 0 Å². The molecule has 36 heavy (non-hydrogen) atoms. The molecule has 0 saturated carbocycles. The Morgan fingerprint density at radius 2 is 1.64 bits per heavy atom. The first-order valence-corrected chi connectivity index (χ1v) is 13.3. The summed E-state index contributed by atoms with van der Waals surface area (Å²) in [5.41, 5.74) is 0.575. The van der Waals surface area contributed by atoms with E-state index in [-0.39, 0.29) is 24.3 Å². The quantitative estimate of drug-likeness (QED) is 0.553. The normalized spacial score (nSPS) is 19.1. The molecule has 2 aromatic carbocycles. The monoisotopic (exact) mass is 514 g/mol. The molecule has 2 aliphatic rings. The fraction of sp³-hybridized carbons (Fsp3) is 0.400. The Morgan fingerprint density at radius 1 is 0.972 bits per heavy atom. The van der Waals surface area contributed by atoms with Crippen LogP contribution in [0.15, 0.2) is 59.5 Å². The molecular weight excluding hydrogens is 486 g/mol. The first-order valence-electron chi connectivity index (χ1n) is 11.9. The lowest BCUT2D eigenvalue weighted by molar-refractivity contribution is -0.308. The van der Waals surface area contributed by atoms with Crippen molar-refractivity contribution >= 4 is 28.0 Å². The van der Waals surface area contributed by atoms with Crippen molar-refractivity contribution in [3.8, 4) is 5.75 Å². The number of carboxylic acid groups (broad SMARTS) is 1. The van der Waals surface area contributed by atoms with Crippen LogP contribution in [0.1, 0.15) is 31.2 Å². The Hall–Kier alpha value is -3.44. The summed E-state index contributed by atoms with van der Waals surface area (Å²) in [6.07, 6.45) is 2.16. The molecule has 2 aliphatic heterocycles. The zero-order valence-electron chi connectivity index (χ0n) is 19.7. The summed E-state index contributed by atoms with van der Waals surface area (Å²) >= 11 is 0. The van der Waals surface area contributed by atoms with E-state index in [2.05, 4.69) is 5.32 Å². The standard InChI is InChI=1S/C25H29N3O7S/c29-23(22-9-6-16-28(22)36(33,34)20-7-2-1-3-8-20)26-21(24(30)31)17-18-10-12-19(13-11-18)35-25(32)27-14-4-5-15-27/h1-3,7-8,10-13,21-22H,4-6,9,14-17H2,(H,26,29)(H,30,31)/p-1. The predicted octanol–water partition coefficient (Wildman–Crippen LogP) is 0.912. The van der Waals surface area contributed by atoms with Gasteiger partial charge in [-0.3, -0.25) is 4.79 Å². The van der Waals surface area contributed by atoms with E-state index in [1.807, 2.05) is 0 Å². The van der Waals surface area contributed by atoms with Crippen molar-refractivity contribution in [2.45, 2.75) is 49.1 Å². The maximum atomic E-state index is 13.0. The van der Waals surface area contributed by atoms with Crippen LogP contribution >= 0.6 is 0 Å². The summed E-state index contributed by atoms with van der Waals surface area (Å²) in [5, 5.41) is 14.2. The number of rotatable bonds is 8. The summed E-state index contributed by atoms with van der Waals surface area (Å²) in [5.74, 6) is -1.84. The number of nitrogens with zero attached hydrogens (tertiary/aromatic N) is 2. The number of likely N-dealkylation sites (tertiary alicyclic amines) is 1. The second-order valence-electron chi connectivity index (χ2n) is 8.88. The number of carbonyl (C=O) groups excluding carboxylic acids is 3. The Bertz CT molecular complexity index is 1200. The number of carbonyl (C=O) groups is 3. The smallest absolute Gasteiger partial charge is 0.415 e. The maximum absolute atomic E-state index is 13.0. The van der Waals surface area contributed by atoms with Gasteiger partial charge in [-0.2, -0.15) is 4.31 Å². The minimum absolute atomic E-state index is 0.0756. The van der Waals surface area contributed by atoms with Gasteiger partial charge >= 0.3 is 6.09 Å². The average Bonchev–Trinajstić information content (AvgIpc) is 3.58. The summed E-state index contributed by atoms with van der Waals surface area (Å²) < 4.78 is 32.5. The highest BCUT2D eigenvalue weighted by molar-refractivity contribution is 7.89. The Kier molecular flexibility index (Phi) is 7.90. The molecule has 2 unspecified atom stereocenters. The van der Waals surface area contributed by atoms with Crippen LogP contribution < -0.4 is 15.2 Å². The number of amides is 2. The number of carboxylic acids is 1. The second kappa shape index (κ2) is 11.1. The molecule has 0 radical (unpaired) electrons. The topological polar surface area (TPSA) is 136 Å². The third-order valence-corrected chi connectivity index (χ3v) is 8.31. The van der Waals surface area contributed by atoms with Gasteiger partial charge in [0.1, 0.15) is 11.8 Å². The molecule has 2 atom stereocenters. The highest BCUT2D eigenvalue weighted by Gasteiger charge is 2.40. The zero-order chi connectivity index (χ0) is 25.7. The third-order valence-electron chi connectivity index (χ3n) is 6.39. The van der Waals surface area contributed by atoms with Gasteiger partial charge in [-0.05, 0) is 61.9 Å². The predicted molar refractivity (Wildman–Crippen MR) is 127 cm³/mol. The van der Waals surface area contributed by atoms with Crippen molar-refractivity contribution in [1.82, 2.24) is 14.5 Å².